The summed E-state index contributed by atoms with van der Waals surface area (Å²) in [4.78, 5) is 12.7. The van der Waals surface area contributed by atoms with Crippen molar-refractivity contribution in [3.8, 4) is 11.5 Å². The minimum atomic E-state index is -0.323. The van der Waals surface area contributed by atoms with E-state index in [9.17, 15) is 4.79 Å². The first-order valence-corrected chi connectivity index (χ1v) is 9.74. The topological polar surface area (TPSA) is 71.6 Å². The summed E-state index contributed by atoms with van der Waals surface area (Å²) < 4.78 is 11.7. The number of nitrogens with one attached hydrogen (secondary N) is 3. The maximum Gasteiger partial charge on any atom is 0.251 e. The Labute approximate surface area is 164 Å². The van der Waals surface area contributed by atoms with Gasteiger partial charge in [0.15, 0.2) is 0 Å². The van der Waals surface area contributed by atoms with Crippen LogP contribution in [0.25, 0.3) is 0 Å². The van der Waals surface area contributed by atoms with Gasteiger partial charge in [-0.25, -0.2) is 0 Å². The van der Waals surface area contributed by atoms with Gasteiger partial charge in [-0.3, -0.25) is 4.79 Å². The summed E-state index contributed by atoms with van der Waals surface area (Å²) in [5, 5.41) is 9.89. The lowest BCUT2D eigenvalue weighted by atomic mass is 9.96. The van der Waals surface area contributed by atoms with Crippen molar-refractivity contribution in [2.45, 2.75) is 26.3 Å². The maximum atomic E-state index is 12.7. The highest BCUT2D eigenvalue weighted by Crippen LogP contribution is 2.41. The molecule has 0 bridgehead atoms. The summed E-state index contributed by atoms with van der Waals surface area (Å²) in [6.45, 7) is 5.70. The van der Waals surface area contributed by atoms with Crippen LogP contribution in [0.2, 0.25) is 0 Å². The molecule has 2 aliphatic heterocycles. The number of fused-ring (bicyclic) bond motifs is 1. The number of rotatable bonds is 6. The van der Waals surface area contributed by atoms with Gasteiger partial charge in [-0.15, -0.1) is 0 Å². The van der Waals surface area contributed by atoms with Gasteiger partial charge in [0.25, 0.3) is 5.91 Å². The summed E-state index contributed by atoms with van der Waals surface area (Å²) in [5.74, 6) is 1.42. The lowest BCUT2D eigenvalue weighted by Gasteiger charge is -2.23. The van der Waals surface area contributed by atoms with Crippen molar-refractivity contribution in [1.82, 2.24) is 5.32 Å². The molecule has 1 atom stereocenters. The fourth-order valence-corrected chi connectivity index (χ4v) is 3.60. The quantitative estimate of drug-likeness (QED) is 0.711. The minimum Gasteiger partial charge on any atom is -0.494 e. The second kappa shape index (κ2) is 7.84. The SMILES string of the molecule is CCCOc1cc(OCC)ccc1C1Nc2ccccc2NC2=C1C(=O)NC2. The van der Waals surface area contributed by atoms with Crippen molar-refractivity contribution < 1.29 is 14.3 Å². The van der Waals surface area contributed by atoms with Crippen LogP contribution in [0.3, 0.4) is 0 Å². The Kier molecular flexibility index (Phi) is 5.10. The minimum absolute atomic E-state index is 0.0665. The Balaban J connectivity index is 1.81. The predicted octanol–water partition coefficient (Wildman–Crippen LogP) is 3.84. The first-order valence-electron chi connectivity index (χ1n) is 9.74. The van der Waals surface area contributed by atoms with Crippen LogP contribution in [0.15, 0.2) is 53.7 Å². The van der Waals surface area contributed by atoms with Gasteiger partial charge in [0, 0.05) is 17.3 Å². The molecule has 28 heavy (non-hydrogen) atoms. The average molecular weight is 379 g/mol. The fourth-order valence-electron chi connectivity index (χ4n) is 3.60. The Morgan fingerprint density at radius 1 is 1.07 bits per heavy atom. The fraction of sp³-hybridized carbons (Fsp3) is 0.318. The van der Waals surface area contributed by atoms with E-state index in [-0.39, 0.29) is 11.9 Å². The lowest BCUT2D eigenvalue weighted by molar-refractivity contribution is -0.116. The van der Waals surface area contributed by atoms with Crippen LogP contribution in [0.4, 0.5) is 11.4 Å². The number of carbonyl (C=O) groups is 1. The second-order valence-electron chi connectivity index (χ2n) is 6.80. The molecule has 4 rings (SSSR count). The van der Waals surface area contributed by atoms with Crippen molar-refractivity contribution in [1.29, 1.82) is 0 Å². The molecule has 0 aliphatic carbocycles. The average Bonchev–Trinajstić information content (AvgIpc) is 2.97. The number of para-hydroxylation sites is 2. The Hall–Kier alpha value is -3.15. The third-order valence-corrected chi connectivity index (χ3v) is 4.87. The molecule has 0 fully saturated rings. The van der Waals surface area contributed by atoms with Gasteiger partial charge in [0.1, 0.15) is 11.5 Å². The molecule has 3 N–H and O–H groups in total. The van der Waals surface area contributed by atoms with Crippen LogP contribution in [-0.4, -0.2) is 25.7 Å². The van der Waals surface area contributed by atoms with Crippen LogP contribution >= 0.6 is 0 Å². The Morgan fingerprint density at radius 3 is 2.68 bits per heavy atom. The van der Waals surface area contributed by atoms with Crippen LogP contribution in [0.5, 0.6) is 11.5 Å². The molecule has 6 nitrogen and oxygen atoms in total. The molecular formula is C22H25N3O3. The summed E-state index contributed by atoms with van der Waals surface area (Å²) in [7, 11) is 0. The van der Waals surface area contributed by atoms with Gasteiger partial charge >= 0.3 is 0 Å². The highest BCUT2D eigenvalue weighted by molar-refractivity contribution is 6.01. The molecule has 2 aromatic rings. The summed E-state index contributed by atoms with van der Waals surface area (Å²) >= 11 is 0. The van der Waals surface area contributed by atoms with Crippen LogP contribution in [0, 0.1) is 0 Å². The normalized spacial score (nSPS) is 17.6. The molecule has 0 saturated heterocycles. The number of amides is 1. The number of anilines is 2. The van der Waals surface area contributed by atoms with Gasteiger partial charge in [0.05, 0.1) is 42.7 Å². The van der Waals surface area contributed by atoms with Gasteiger partial charge in [-0.2, -0.15) is 0 Å². The molecule has 0 radical (unpaired) electrons. The molecule has 1 unspecified atom stereocenters. The number of benzene rings is 2. The molecule has 2 aromatic carbocycles. The molecule has 2 heterocycles. The van der Waals surface area contributed by atoms with Crippen molar-refractivity contribution >= 4 is 17.3 Å². The molecule has 2 aliphatic rings. The summed E-state index contributed by atoms with van der Waals surface area (Å²) in [5.41, 5.74) is 4.41. The van der Waals surface area contributed by atoms with E-state index in [4.69, 9.17) is 9.47 Å². The van der Waals surface area contributed by atoms with Crippen molar-refractivity contribution in [3.63, 3.8) is 0 Å². The van der Waals surface area contributed by atoms with Crippen molar-refractivity contribution in [3.05, 3.63) is 59.3 Å². The van der Waals surface area contributed by atoms with Gasteiger partial charge in [0.2, 0.25) is 0 Å². The summed E-state index contributed by atoms with van der Waals surface area (Å²) in [6, 6.07) is 13.5. The van der Waals surface area contributed by atoms with Crippen LogP contribution in [-0.2, 0) is 4.79 Å². The molecule has 0 aromatic heterocycles. The number of carbonyl (C=O) groups excluding carboxylic acids is 1. The van der Waals surface area contributed by atoms with Gasteiger partial charge < -0.3 is 25.4 Å². The van der Waals surface area contributed by atoms with E-state index in [1.807, 2.05) is 49.4 Å². The van der Waals surface area contributed by atoms with E-state index in [0.29, 0.717) is 25.3 Å². The first-order chi connectivity index (χ1) is 13.7. The molecule has 1 amide bonds. The van der Waals surface area contributed by atoms with Crippen LogP contribution < -0.4 is 25.4 Å². The first kappa shape index (κ1) is 18.2. The number of hydrogen-bond acceptors (Lipinski definition) is 5. The largest absolute Gasteiger partial charge is 0.494 e. The third-order valence-electron chi connectivity index (χ3n) is 4.87. The van der Waals surface area contributed by atoms with Gasteiger partial charge in [-0.05, 0) is 37.6 Å². The zero-order valence-electron chi connectivity index (χ0n) is 16.2. The van der Waals surface area contributed by atoms with Gasteiger partial charge in [-0.1, -0.05) is 19.1 Å². The van der Waals surface area contributed by atoms with E-state index in [0.717, 1.165) is 40.6 Å². The van der Waals surface area contributed by atoms with Crippen molar-refractivity contribution in [2.24, 2.45) is 0 Å². The Morgan fingerprint density at radius 2 is 1.89 bits per heavy atom. The monoisotopic (exact) mass is 379 g/mol. The highest BCUT2D eigenvalue weighted by Gasteiger charge is 2.35. The standard InChI is InChI=1S/C22H25N3O3/c1-3-11-28-19-12-14(27-4-2)9-10-15(19)21-20-18(13-23-22(20)26)24-16-7-5-6-8-17(16)25-21/h5-10,12,21,24-25H,3-4,11,13H2,1-2H3,(H,23,26). The van der Waals surface area contributed by atoms with E-state index in [1.165, 1.54) is 0 Å². The highest BCUT2D eigenvalue weighted by atomic mass is 16.5. The Bertz CT molecular complexity index is 923. The molecule has 0 saturated carbocycles. The zero-order chi connectivity index (χ0) is 19.5. The smallest absolute Gasteiger partial charge is 0.251 e. The second-order valence-corrected chi connectivity index (χ2v) is 6.80. The molecule has 146 valence electrons. The predicted molar refractivity (Wildman–Crippen MR) is 110 cm³/mol. The zero-order valence-corrected chi connectivity index (χ0v) is 16.2. The van der Waals surface area contributed by atoms with Crippen LogP contribution in [0.1, 0.15) is 31.9 Å². The molecule has 6 heteroatoms. The number of hydrogen-bond donors (Lipinski definition) is 3. The number of ether oxygens (including phenoxy) is 2. The lowest BCUT2D eigenvalue weighted by Crippen LogP contribution is -2.24. The van der Waals surface area contributed by atoms with E-state index in [1.54, 1.807) is 0 Å². The molecule has 0 spiro atoms. The third kappa shape index (κ3) is 3.38. The van der Waals surface area contributed by atoms with E-state index in [2.05, 4.69) is 22.9 Å². The summed E-state index contributed by atoms with van der Waals surface area (Å²) in [6.07, 6.45) is 0.898. The van der Waals surface area contributed by atoms with E-state index >= 15 is 0 Å². The van der Waals surface area contributed by atoms with Crippen molar-refractivity contribution in [2.75, 3.05) is 30.4 Å². The maximum absolute atomic E-state index is 12.7. The van der Waals surface area contributed by atoms with E-state index < -0.39 is 0 Å². The molecular weight excluding hydrogens is 354 g/mol.